The number of halogens is 2. The van der Waals surface area contributed by atoms with E-state index >= 15 is 0 Å². The second kappa shape index (κ2) is 7.36. The Balaban J connectivity index is 1.85. The number of hydrogen-bond acceptors (Lipinski definition) is 2. The lowest BCUT2D eigenvalue weighted by atomic mass is 9.85. The van der Waals surface area contributed by atoms with Crippen LogP contribution in [0.3, 0.4) is 0 Å². The molecule has 2 amide bonds. The van der Waals surface area contributed by atoms with E-state index in [1.165, 1.54) is 0 Å². The molecular weight excluding hydrogens is 278 g/mol. The predicted molar refractivity (Wildman–Crippen MR) is 74.6 cm³/mol. The van der Waals surface area contributed by atoms with Gasteiger partial charge >= 0.3 is 6.03 Å². The summed E-state index contributed by atoms with van der Waals surface area (Å²) in [6.07, 6.45) is 3.78. The molecule has 0 radical (unpaired) electrons. The van der Waals surface area contributed by atoms with Crippen molar-refractivity contribution in [3.63, 3.8) is 0 Å². The first kappa shape index (κ1) is 15.7. The van der Waals surface area contributed by atoms with E-state index in [0.29, 0.717) is 0 Å². The van der Waals surface area contributed by atoms with Crippen LogP contribution in [0.2, 0.25) is 0 Å². The molecule has 1 aliphatic carbocycles. The van der Waals surface area contributed by atoms with E-state index in [1.807, 2.05) is 0 Å². The maximum atomic E-state index is 13.4. The fourth-order valence-corrected chi connectivity index (χ4v) is 2.69. The van der Waals surface area contributed by atoms with Crippen molar-refractivity contribution < 1.29 is 18.7 Å². The Labute approximate surface area is 122 Å². The standard InChI is InChI=1S/C15H20F2N2O2/c16-12-5-6-13(17)11(7-12)8-18-15(21)19-14-4-2-1-3-10(14)9-20/h5-7,10,14,20H,1-4,8-9H2,(H2,18,19,21). The minimum Gasteiger partial charge on any atom is -0.396 e. The van der Waals surface area contributed by atoms with Crippen molar-refractivity contribution in [2.75, 3.05) is 6.61 Å². The largest absolute Gasteiger partial charge is 0.396 e. The molecule has 1 aliphatic rings. The Hall–Kier alpha value is -1.69. The molecule has 1 saturated carbocycles. The average molecular weight is 298 g/mol. The zero-order valence-corrected chi connectivity index (χ0v) is 11.7. The smallest absolute Gasteiger partial charge is 0.315 e. The highest BCUT2D eigenvalue weighted by Crippen LogP contribution is 2.23. The van der Waals surface area contributed by atoms with E-state index in [1.54, 1.807) is 0 Å². The van der Waals surface area contributed by atoms with Gasteiger partial charge in [0.1, 0.15) is 11.6 Å². The molecule has 0 heterocycles. The molecule has 1 aromatic carbocycles. The second-order valence-corrected chi connectivity index (χ2v) is 5.40. The van der Waals surface area contributed by atoms with E-state index in [-0.39, 0.29) is 30.7 Å². The molecule has 4 nitrogen and oxygen atoms in total. The minimum absolute atomic E-state index is 0.0451. The van der Waals surface area contributed by atoms with Crippen LogP contribution in [0.25, 0.3) is 0 Å². The van der Waals surface area contributed by atoms with Gasteiger partial charge in [0.05, 0.1) is 0 Å². The maximum Gasteiger partial charge on any atom is 0.315 e. The zero-order valence-electron chi connectivity index (χ0n) is 11.7. The van der Waals surface area contributed by atoms with Crippen LogP contribution in [0.5, 0.6) is 0 Å². The van der Waals surface area contributed by atoms with Gasteiger partial charge in [0.25, 0.3) is 0 Å². The molecule has 2 rings (SSSR count). The van der Waals surface area contributed by atoms with Crippen LogP contribution in [0.4, 0.5) is 13.6 Å². The summed E-state index contributed by atoms with van der Waals surface area (Å²) in [6, 6.07) is 2.64. The molecule has 3 N–H and O–H groups in total. The second-order valence-electron chi connectivity index (χ2n) is 5.40. The van der Waals surface area contributed by atoms with Crippen molar-refractivity contribution in [1.29, 1.82) is 0 Å². The molecule has 0 aromatic heterocycles. The Bertz CT molecular complexity index is 497. The van der Waals surface area contributed by atoms with Gasteiger partial charge in [-0.2, -0.15) is 0 Å². The molecule has 0 bridgehead atoms. The third kappa shape index (κ3) is 4.39. The van der Waals surface area contributed by atoms with Crippen LogP contribution < -0.4 is 10.6 Å². The molecule has 116 valence electrons. The predicted octanol–water partition coefficient (Wildman–Crippen LogP) is 2.32. The van der Waals surface area contributed by atoms with Crippen molar-refractivity contribution in [3.8, 4) is 0 Å². The summed E-state index contributed by atoms with van der Waals surface area (Å²) in [6.45, 7) is -0.0323. The van der Waals surface area contributed by atoms with Gasteiger partial charge in [-0.15, -0.1) is 0 Å². The van der Waals surface area contributed by atoms with Crippen molar-refractivity contribution in [3.05, 3.63) is 35.4 Å². The number of hydrogen-bond donors (Lipinski definition) is 3. The Morgan fingerprint density at radius 1 is 1.29 bits per heavy atom. The number of aliphatic hydroxyl groups excluding tert-OH is 1. The zero-order chi connectivity index (χ0) is 15.2. The first-order valence-electron chi connectivity index (χ1n) is 7.19. The van der Waals surface area contributed by atoms with Crippen LogP contribution >= 0.6 is 0 Å². The van der Waals surface area contributed by atoms with Crippen LogP contribution in [-0.2, 0) is 6.54 Å². The van der Waals surface area contributed by atoms with Gasteiger partial charge in [0, 0.05) is 30.7 Å². The fraction of sp³-hybridized carbons (Fsp3) is 0.533. The molecule has 0 aliphatic heterocycles. The number of rotatable bonds is 4. The van der Waals surface area contributed by atoms with E-state index in [4.69, 9.17) is 0 Å². The summed E-state index contributed by atoms with van der Waals surface area (Å²) < 4.78 is 26.4. The number of urea groups is 1. The lowest BCUT2D eigenvalue weighted by Crippen LogP contribution is -2.47. The number of benzene rings is 1. The molecular formula is C15H20F2N2O2. The van der Waals surface area contributed by atoms with Crippen molar-refractivity contribution >= 4 is 6.03 Å². The molecule has 0 spiro atoms. The third-order valence-electron chi connectivity index (χ3n) is 3.91. The number of amides is 2. The van der Waals surface area contributed by atoms with E-state index in [0.717, 1.165) is 43.9 Å². The molecule has 0 saturated heterocycles. The third-order valence-corrected chi connectivity index (χ3v) is 3.91. The first-order valence-corrected chi connectivity index (χ1v) is 7.19. The monoisotopic (exact) mass is 298 g/mol. The highest BCUT2D eigenvalue weighted by atomic mass is 19.1. The van der Waals surface area contributed by atoms with Gasteiger partial charge < -0.3 is 15.7 Å². The minimum atomic E-state index is -0.553. The number of aliphatic hydroxyl groups is 1. The maximum absolute atomic E-state index is 13.4. The molecule has 2 atom stereocenters. The van der Waals surface area contributed by atoms with Gasteiger partial charge in [0.15, 0.2) is 0 Å². The topological polar surface area (TPSA) is 61.4 Å². The Kier molecular flexibility index (Phi) is 5.50. The van der Waals surface area contributed by atoms with Gasteiger partial charge in [-0.3, -0.25) is 0 Å². The van der Waals surface area contributed by atoms with E-state index < -0.39 is 17.7 Å². The van der Waals surface area contributed by atoms with Gasteiger partial charge in [-0.25, -0.2) is 13.6 Å². The summed E-state index contributed by atoms with van der Waals surface area (Å²) in [5.41, 5.74) is 0.104. The van der Waals surface area contributed by atoms with E-state index in [2.05, 4.69) is 10.6 Å². The highest BCUT2D eigenvalue weighted by molar-refractivity contribution is 5.74. The Morgan fingerprint density at radius 2 is 2.05 bits per heavy atom. The van der Waals surface area contributed by atoms with E-state index in [9.17, 15) is 18.7 Å². The van der Waals surface area contributed by atoms with Gasteiger partial charge in [-0.1, -0.05) is 12.8 Å². The lowest BCUT2D eigenvalue weighted by molar-refractivity contribution is 0.153. The summed E-state index contributed by atoms with van der Waals surface area (Å²) in [7, 11) is 0. The lowest BCUT2D eigenvalue weighted by Gasteiger charge is -2.30. The molecule has 2 unspecified atom stereocenters. The number of carbonyl (C=O) groups is 1. The molecule has 1 aromatic rings. The first-order chi connectivity index (χ1) is 10.1. The quantitative estimate of drug-likeness (QED) is 0.799. The molecule has 21 heavy (non-hydrogen) atoms. The summed E-state index contributed by atoms with van der Waals surface area (Å²) in [5.74, 6) is -1.03. The van der Waals surface area contributed by atoms with Crippen LogP contribution in [0.1, 0.15) is 31.2 Å². The fourth-order valence-electron chi connectivity index (χ4n) is 2.69. The molecule has 1 fully saturated rings. The summed E-state index contributed by atoms with van der Waals surface area (Å²) >= 11 is 0. The van der Waals surface area contributed by atoms with Gasteiger partial charge in [-0.05, 0) is 31.0 Å². The van der Waals surface area contributed by atoms with Crippen molar-refractivity contribution in [2.24, 2.45) is 5.92 Å². The van der Waals surface area contributed by atoms with Crippen molar-refractivity contribution in [1.82, 2.24) is 10.6 Å². The normalized spacial score (nSPS) is 21.9. The SMILES string of the molecule is O=C(NCc1cc(F)ccc1F)NC1CCCCC1CO. The highest BCUT2D eigenvalue weighted by Gasteiger charge is 2.25. The summed E-state index contributed by atoms with van der Waals surface area (Å²) in [5, 5.41) is 14.6. The Morgan fingerprint density at radius 3 is 2.81 bits per heavy atom. The van der Waals surface area contributed by atoms with Crippen LogP contribution in [-0.4, -0.2) is 23.8 Å². The van der Waals surface area contributed by atoms with Gasteiger partial charge in [0.2, 0.25) is 0 Å². The van der Waals surface area contributed by atoms with Crippen molar-refractivity contribution in [2.45, 2.75) is 38.3 Å². The van der Waals surface area contributed by atoms with Crippen LogP contribution in [0, 0.1) is 17.6 Å². The molecule has 6 heteroatoms. The average Bonchev–Trinajstić information content (AvgIpc) is 2.49. The van der Waals surface area contributed by atoms with Crippen LogP contribution in [0.15, 0.2) is 18.2 Å². The number of carbonyl (C=O) groups excluding carboxylic acids is 1. The number of nitrogens with one attached hydrogen (secondary N) is 2. The summed E-state index contributed by atoms with van der Waals surface area (Å²) in [4.78, 5) is 11.8.